The second kappa shape index (κ2) is 11.0. The van der Waals surface area contributed by atoms with E-state index in [0.29, 0.717) is 5.82 Å². The zero-order valence-corrected chi connectivity index (χ0v) is 25.9. The largest absolute Gasteiger partial charge is 0.253 e. The molecule has 0 spiro atoms. The molecule has 9 aromatic rings. The summed E-state index contributed by atoms with van der Waals surface area (Å²) in [5.74, 6) is 0.679. The van der Waals surface area contributed by atoms with Crippen LogP contribution >= 0.6 is 0 Å². The van der Waals surface area contributed by atoms with E-state index in [-0.39, 0.29) is 0 Å². The van der Waals surface area contributed by atoms with Gasteiger partial charge < -0.3 is 0 Å². The summed E-state index contributed by atoms with van der Waals surface area (Å²) in [5, 5.41) is 7.58. The average molecular weight is 600 g/mol. The Labute approximate surface area is 273 Å². The Bertz CT molecular complexity index is 2510. The van der Waals surface area contributed by atoms with E-state index in [0.717, 1.165) is 50.6 Å². The normalized spacial score (nSPS) is 11.5. The summed E-state index contributed by atoms with van der Waals surface area (Å²) in [4.78, 5) is 15.3. The number of nitrogens with zero attached hydrogens (tertiary/aromatic N) is 3. The van der Waals surface area contributed by atoms with Gasteiger partial charge in [0.25, 0.3) is 0 Å². The predicted octanol–water partition coefficient (Wildman–Crippen LogP) is 11.4. The maximum Gasteiger partial charge on any atom is 0.160 e. The van der Waals surface area contributed by atoms with Gasteiger partial charge in [-0.1, -0.05) is 115 Å². The minimum absolute atomic E-state index is 0.679. The van der Waals surface area contributed by atoms with Crippen LogP contribution in [0.2, 0.25) is 0 Å². The van der Waals surface area contributed by atoms with Crippen molar-refractivity contribution in [1.82, 2.24) is 15.0 Å². The van der Waals surface area contributed by atoms with Gasteiger partial charge in [-0.2, -0.15) is 0 Å². The van der Waals surface area contributed by atoms with Crippen LogP contribution in [0.15, 0.2) is 158 Å². The third-order valence-corrected chi connectivity index (χ3v) is 9.06. The molecule has 3 heteroatoms. The van der Waals surface area contributed by atoms with Crippen molar-refractivity contribution < 1.29 is 0 Å². The van der Waals surface area contributed by atoms with Crippen LogP contribution in [0.3, 0.4) is 0 Å². The number of hydrogen-bond acceptors (Lipinski definition) is 3. The summed E-state index contributed by atoms with van der Waals surface area (Å²) in [6, 6.07) is 55.7. The summed E-state index contributed by atoms with van der Waals surface area (Å²) in [6.07, 6.45) is 0. The second-order valence-electron chi connectivity index (χ2n) is 12.1. The van der Waals surface area contributed by atoms with Gasteiger partial charge in [0.2, 0.25) is 0 Å². The van der Waals surface area contributed by atoms with Crippen LogP contribution in [0.1, 0.15) is 5.69 Å². The summed E-state index contributed by atoms with van der Waals surface area (Å²) in [7, 11) is 0. The molecule has 220 valence electrons. The van der Waals surface area contributed by atoms with E-state index in [2.05, 4.69) is 140 Å². The minimum Gasteiger partial charge on any atom is -0.253 e. The molecule has 0 bridgehead atoms. The molecule has 0 fully saturated rings. The molecule has 9 rings (SSSR count). The number of hydrogen-bond donors (Lipinski definition) is 0. The first-order chi connectivity index (χ1) is 23.2. The highest BCUT2D eigenvalue weighted by molar-refractivity contribution is 6.26. The first kappa shape index (κ1) is 27.1. The fourth-order valence-electron chi connectivity index (χ4n) is 6.85. The first-order valence-corrected chi connectivity index (χ1v) is 15.9. The average Bonchev–Trinajstić information content (AvgIpc) is 3.14. The Morgan fingerprint density at radius 3 is 1.66 bits per heavy atom. The fraction of sp³-hybridized carbons (Fsp3) is 0.0227. The molecule has 0 amide bonds. The zero-order valence-electron chi connectivity index (χ0n) is 25.9. The maximum absolute atomic E-state index is 5.19. The van der Waals surface area contributed by atoms with Gasteiger partial charge in [0, 0.05) is 27.9 Å². The molecule has 0 saturated carbocycles. The molecule has 3 nitrogen and oxygen atoms in total. The summed E-state index contributed by atoms with van der Waals surface area (Å²) >= 11 is 0. The molecule has 0 N–H and O–H groups in total. The molecule has 0 unspecified atom stereocenters. The van der Waals surface area contributed by atoms with E-state index < -0.39 is 0 Å². The summed E-state index contributed by atoms with van der Waals surface area (Å²) < 4.78 is 0. The number of pyridine rings is 1. The third kappa shape index (κ3) is 4.81. The van der Waals surface area contributed by atoms with Gasteiger partial charge >= 0.3 is 0 Å². The molecular formula is C44H29N3. The number of benzene rings is 7. The Morgan fingerprint density at radius 2 is 0.957 bits per heavy atom. The van der Waals surface area contributed by atoms with Crippen LogP contribution in [0.4, 0.5) is 0 Å². The summed E-state index contributed by atoms with van der Waals surface area (Å²) in [6.45, 7) is 2.04. The van der Waals surface area contributed by atoms with E-state index in [1.807, 2.05) is 25.1 Å². The van der Waals surface area contributed by atoms with E-state index in [1.54, 1.807) is 0 Å². The zero-order chi connectivity index (χ0) is 31.3. The molecule has 2 heterocycles. The Kier molecular flexibility index (Phi) is 6.36. The highest BCUT2D eigenvalue weighted by atomic mass is 14.9. The van der Waals surface area contributed by atoms with E-state index in [9.17, 15) is 0 Å². The van der Waals surface area contributed by atoms with Crippen LogP contribution in [0.25, 0.3) is 88.6 Å². The lowest BCUT2D eigenvalue weighted by molar-refractivity contribution is 1.18. The third-order valence-electron chi connectivity index (χ3n) is 9.06. The number of rotatable bonds is 5. The molecule has 0 aliphatic heterocycles. The molecule has 7 aromatic carbocycles. The van der Waals surface area contributed by atoms with Crippen molar-refractivity contribution in [3.63, 3.8) is 0 Å². The van der Waals surface area contributed by atoms with Crippen LogP contribution in [0, 0.1) is 6.92 Å². The number of aryl methyl sites for hydroxylation is 1. The Hall–Kier alpha value is -6.19. The molecule has 0 radical (unpaired) electrons. The van der Waals surface area contributed by atoms with E-state index >= 15 is 0 Å². The molecule has 0 aliphatic rings. The molecule has 0 aliphatic carbocycles. The molecule has 0 atom stereocenters. The lowest BCUT2D eigenvalue weighted by atomic mass is 9.88. The lowest BCUT2D eigenvalue weighted by Crippen LogP contribution is -1.97. The standard InChI is InChI=1S/C44H29N3/c1-28-11-8-20-39(45-28)35-23-34(38-26-33-18-9-16-31-21-22-32-17-10-19-37(38)43(32)42(31)33)24-36(25-35)44-46-40(29-12-4-2-5-13-29)27-41(47-44)30-14-6-3-7-15-30/h2-27H,1H3. The van der Waals surface area contributed by atoms with Crippen molar-refractivity contribution in [3.8, 4) is 56.3 Å². The van der Waals surface area contributed by atoms with Gasteiger partial charge in [0.1, 0.15) is 0 Å². The SMILES string of the molecule is Cc1cccc(-c2cc(-c3nc(-c4ccccc4)cc(-c4ccccc4)n3)cc(-c3cc4cccc5ccc6cccc3c6c54)c2)n1. The summed E-state index contributed by atoms with van der Waals surface area (Å²) in [5.41, 5.74) is 10.0. The van der Waals surface area contributed by atoms with Crippen molar-refractivity contribution in [2.75, 3.05) is 0 Å². The van der Waals surface area contributed by atoms with Crippen molar-refractivity contribution in [1.29, 1.82) is 0 Å². The molecular weight excluding hydrogens is 571 g/mol. The lowest BCUT2D eigenvalue weighted by Gasteiger charge is -2.17. The van der Waals surface area contributed by atoms with Crippen molar-refractivity contribution in [2.24, 2.45) is 0 Å². The van der Waals surface area contributed by atoms with E-state index in [1.165, 1.54) is 37.9 Å². The fourth-order valence-corrected chi connectivity index (χ4v) is 6.85. The Balaban J connectivity index is 1.34. The van der Waals surface area contributed by atoms with Gasteiger partial charge in [-0.25, -0.2) is 9.97 Å². The van der Waals surface area contributed by atoms with Crippen LogP contribution in [-0.4, -0.2) is 15.0 Å². The second-order valence-corrected chi connectivity index (χ2v) is 12.1. The monoisotopic (exact) mass is 599 g/mol. The van der Waals surface area contributed by atoms with Crippen molar-refractivity contribution in [2.45, 2.75) is 6.92 Å². The highest BCUT2D eigenvalue weighted by Gasteiger charge is 2.17. The molecule has 0 saturated heterocycles. The van der Waals surface area contributed by atoms with Gasteiger partial charge in [0.15, 0.2) is 5.82 Å². The smallest absolute Gasteiger partial charge is 0.160 e. The van der Waals surface area contributed by atoms with Gasteiger partial charge in [-0.15, -0.1) is 0 Å². The van der Waals surface area contributed by atoms with Gasteiger partial charge in [0.05, 0.1) is 17.1 Å². The minimum atomic E-state index is 0.679. The van der Waals surface area contributed by atoms with E-state index in [4.69, 9.17) is 15.0 Å². The van der Waals surface area contributed by atoms with Gasteiger partial charge in [-0.05, 0) is 92.8 Å². The van der Waals surface area contributed by atoms with Crippen molar-refractivity contribution in [3.05, 3.63) is 163 Å². The number of aromatic nitrogens is 3. The Morgan fingerprint density at radius 1 is 0.362 bits per heavy atom. The highest BCUT2D eigenvalue weighted by Crippen LogP contribution is 2.42. The topological polar surface area (TPSA) is 38.7 Å². The maximum atomic E-state index is 5.19. The van der Waals surface area contributed by atoms with Crippen LogP contribution in [-0.2, 0) is 0 Å². The van der Waals surface area contributed by atoms with Crippen LogP contribution in [0.5, 0.6) is 0 Å². The predicted molar refractivity (Wildman–Crippen MR) is 195 cm³/mol. The van der Waals surface area contributed by atoms with Gasteiger partial charge in [-0.3, -0.25) is 4.98 Å². The van der Waals surface area contributed by atoms with Crippen LogP contribution < -0.4 is 0 Å². The molecule has 2 aromatic heterocycles. The van der Waals surface area contributed by atoms with Crippen molar-refractivity contribution >= 4 is 32.3 Å². The first-order valence-electron chi connectivity index (χ1n) is 15.9. The molecule has 47 heavy (non-hydrogen) atoms. The quantitative estimate of drug-likeness (QED) is 0.185.